The van der Waals surface area contributed by atoms with Crippen LogP contribution < -0.4 is 9.46 Å². The highest BCUT2D eigenvalue weighted by Crippen LogP contribution is 2.25. The molecule has 1 aromatic heterocycles. The third kappa shape index (κ3) is 3.55. The van der Waals surface area contributed by atoms with Crippen LogP contribution >= 0.6 is 0 Å². The number of anilines is 1. The second-order valence-corrected chi connectivity index (χ2v) is 6.76. The van der Waals surface area contributed by atoms with Gasteiger partial charge in [0.05, 0.1) is 23.7 Å². The number of aromatic amines is 1. The van der Waals surface area contributed by atoms with Crippen molar-refractivity contribution in [1.29, 1.82) is 0 Å². The SMILES string of the molecule is Cc1cc(OC(C)C)ccc1NS(=O)(=O)c1cn[nH]c1C. The number of ether oxygens (including phenoxy) is 1. The van der Waals surface area contributed by atoms with E-state index in [9.17, 15) is 8.42 Å². The van der Waals surface area contributed by atoms with Gasteiger partial charge in [0.1, 0.15) is 10.6 Å². The Morgan fingerprint density at radius 2 is 2.00 bits per heavy atom. The van der Waals surface area contributed by atoms with Crippen molar-refractivity contribution in [2.24, 2.45) is 0 Å². The number of hydrogen-bond acceptors (Lipinski definition) is 4. The first kappa shape index (κ1) is 15.4. The molecule has 0 unspecified atom stereocenters. The van der Waals surface area contributed by atoms with Crippen LogP contribution in [0.15, 0.2) is 29.3 Å². The van der Waals surface area contributed by atoms with E-state index in [0.717, 1.165) is 5.56 Å². The second kappa shape index (κ2) is 5.77. The molecule has 7 heteroatoms. The molecule has 1 heterocycles. The normalized spacial score (nSPS) is 11.7. The number of aromatic nitrogens is 2. The number of aryl methyl sites for hydroxylation is 2. The van der Waals surface area contributed by atoms with Crippen LogP contribution in [0.4, 0.5) is 5.69 Å². The molecule has 0 amide bonds. The van der Waals surface area contributed by atoms with E-state index in [0.29, 0.717) is 17.1 Å². The Hall–Kier alpha value is -2.02. The van der Waals surface area contributed by atoms with Crippen molar-refractivity contribution in [3.05, 3.63) is 35.7 Å². The van der Waals surface area contributed by atoms with E-state index < -0.39 is 10.0 Å². The van der Waals surface area contributed by atoms with Gasteiger partial charge in [-0.15, -0.1) is 0 Å². The molecule has 0 spiro atoms. The zero-order valence-electron chi connectivity index (χ0n) is 12.5. The quantitative estimate of drug-likeness (QED) is 0.889. The van der Waals surface area contributed by atoms with Crippen LogP contribution in [0.1, 0.15) is 25.1 Å². The highest BCUT2D eigenvalue weighted by atomic mass is 32.2. The molecule has 0 saturated heterocycles. The zero-order valence-corrected chi connectivity index (χ0v) is 13.3. The summed E-state index contributed by atoms with van der Waals surface area (Å²) >= 11 is 0. The molecular weight excluding hydrogens is 290 g/mol. The minimum Gasteiger partial charge on any atom is -0.491 e. The second-order valence-electron chi connectivity index (χ2n) is 5.11. The van der Waals surface area contributed by atoms with E-state index in [2.05, 4.69) is 14.9 Å². The van der Waals surface area contributed by atoms with Crippen LogP contribution in [0.25, 0.3) is 0 Å². The number of rotatable bonds is 5. The van der Waals surface area contributed by atoms with E-state index in [1.54, 1.807) is 25.1 Å². The molecular formula is C14H19N3O3S. The van der Waals surface area contributed by atoms with Crippen LogP contribution in [0.2, 0.25) is 0 Å². The third-order valence-corrected chi connectivity index (χ3v) is 4.37. The Balaban J connectivity index is 2.26. The molecule has 0 aliphatic carbocycles. The van der Waals surface area contributed by atoms with E-state index in [4.69, 9.17) is 4.74 Å². The average Bonchev–Trinajstić information content (AvgIpc) is 2.79. The maximum absolute atomic E-state index is 12.3. The monoisotopic (exact) mass is 309 g/mol. The summed E-state index contributed by atoms with van der Waals surface area (Å²) in [6.07, 6.45) is 1.36. The topological polar surface area (TPSA) is 84.1 Å². The summed E-state index contributed by atoms with van der Waals surface area (Å²) in [4.78, 5) is 0.143. The minimum atomic E-state index is -3.64. The first-order valence-corrected chi connectivity index (χ1v) is 8.08. The summed E-state index contributed by atoms with van der Waals surface area (Å²) in [7, 11) is -3.64. The number of nitrogens with zero attached hydrogens (tertiary/aromatic N) is 1. The third-order valence-electron chi connectivity index (χ3n) is 2.89. The Kier molecular flexibility index (Phi) is 4.22. The zero-order chi connectivity index (χ0) is 15.6. The van der Waals surface area contributed by atoms with Crippen molar-refractivity contribution in [3.63, 3.8) is 0 Å². The number of hydrogen-bond donors (Lipinski definition) is 2. The predicted molar refractivity (Wildman–Crippen MR) is 81.1 cm³/mol. The molecule has 114 valence electrons. The first-order chi connectivity index (χ1) is 9.79. The van der Waals surface area contributed by atoms with Crippen molar-refractivity contribution >= 4 is 15.7 Å². The Morgan fingerprint density at radius 1 is 1.29 bits per heavy atom. The number of sulfonamides is 1. The fourth-order valence-corrected chi connectivity index (χ4v) is 3.18. The van der Waals surface area contributed by atoms with Crippen molar-refractivity contribution in [2.45, 2.75) is 38.7 Å². The largest absolute Gasteiger partial charge is 0.491 e. The molecule has 2 N–H and O–H groups in total. The molecule has 0 aliphatic rings. The molecule has 0 saturated carbocycles. The predicted octanol–water partition coefficient (Wildman–Crippen LogP) is 2.61. The van der Waals surface area contributed by atoms with E-state index in [1.807, 2.05) is 20.8 Å². The molecule has 2 aromatic rings. The number of benzene rings is 1. The van der Waals surface area contributed by atoms with E-state index >= 15 is 0 Å². The molecule has 1 aromatic carbocycles. The summed E-state index contributed by atoms with van der Waals surface area (Å²) in [5.41, 5.74) is 1.81. The Bertz CT molecular complexity index is 736. The Morgan fingerprint density at radius 3 is 2.52 bits per heavy atom. The first-order valence-electron chi connectivity index (χ1n) is 6.59. The smallest absolute Gasteiger partial charge is 0.265 e. The molecule has 0 bridgehead atoms. The van der Waals surface area contributed by atoms with Gasteiger partial charge in [-0.1, -0.05) is 0 Å². The number of nitrogens with one attached hydrogen (secondary N) is 2. The minimum absolute atomic E-state index is 0.0699. The van der Waals surface area contributed by atoms with Crippen molar-refractivity contribution in [1.82, 2.24) is 10.2 Å². The maximum Gasteiger partial charge on any atom is 0.265 e. The van der Waals surface area contributed by atoms with Gasteiger partial charge in [-0.3, -0.25) is 9.82 Å². The van der Waals surface area contributed by atoms with Gasteiger partial charge >= 0.3 is 0 Å². The van der Waals surface area contributed by atoms with Gasteiger partial charge in [-0.2, -0.15) is 5.10 Å². The van der Waals surface area contributed by atoms with Crippen LogP contribution in [0.5, 0.6) is 5.75 Å². The van der Waals surface area contributed by atoms with E-state index in [1.165, 1.54) is 6.20 Å². The van der Waals surface area contributed by atoms with Crippen LogP contribution in [-0.4, -0.2) is 24.7 Å². The lowest BCUT2D eigenvalue weighted by atomic mass is 10.2. The number of H-pyrrole nitrogens is 1. The molecule has 0 atom stereocenters. The summed E-state index contributed by atoms with van der Waals surface area (Å²) in [5, 5.41) is 6.35. The summed E-state index contributed by atoms with van der Waals surface area (Å²) < 4.78 is 32.7. The molecule has 2 rings (SSSR count). The van der Waals surface area contributed by atoms with Crippen molar-refractivity contribution in [3.8, 4) is 5.75 Å². The molecule has 0 aliphatic heterocycles. The lowest BCUT2D eigenvalue weighted by Crippen LogP contribution is -2.14. The van der Waals surface area contributed by atoms with Gasteiger partial charge in [-0.25, -0.2) is 8.42 Å². The fraction of sp³-hybridized carbons (Fsp3) is 0.357. The van der Waals surface area contributed by atoms with Gasteiger partial charge in [-0.05, 0) is 51.5 Å². The van der Waals surface area contributed by atoms with Crippen molar-refractivity contribution in [2.75, 3.05) is 4.72 Å². The average molecular weight is 309 g/mol. The fourth-order valence-electron chi connectivity index (χ4n) is 1.91. The maximum atomic E-state index is 12.3. The lowest BCUT2D eigenvalue weighted by molar-refractivity contribution is 0.242. The van der Waals surface area contributed by atoms with Gasteiger partial charge in [0, 0.05) is 0 Å². The lowest BCUT2D eigenvalue weighted by Gasteiger charge is -2.14. The molecule has 6 nitrogen and oxygen atoms in total. The molecule has 21 heavy (non-hydrogen) atoms. The summed E-state index contributed by atoms with van der Waals surface area (Å²) in [6, 6.07) is 5.24. The standard InChI is InChI=1S/C14H19N3O3S/c1-9(2)20-12-5-6-13(10(3)7-12)17-21(18,19)14-8-15-16-11(14)4/h5-9,17H,1-4H3,(H,15,16). The highest BCUT2D eigenvalue weighted by Gasteiger charge is 2.19. The van der Waals surface area contributed by atoms with Gasteiger partial charge in [0.2, 0.25) is 0 Å². The molecule has 0 fully saturated rings. The van der Waals surface area contributed by atoms with E-state index in [-0.39, 0.29) is 11.0 Å². The van der Waals surface area contributed by atoms with Gasteiger partial charge in [0.25, 0.3) is 10.0 Å². The summed E-state index contributed by atoms with van der Waals surface area (Å²) in [6.45, 7) is 7.36. The van der Waals surface area contributed by atoms with Gasteiger partial charge in [0.15, 0.2) is 0 Å². The van der Waals surface area contributed by atoms with Crippen molar-refractivity contribution < 1.29 is 13.2 Å². The van der Waals surface area contributed by atoms with Crippen LogP contribution in [-0.2, 0) is 10.0 Å². The van der Waals surface area contributed by atoms with Crippen LogP contribution in [0, 0.1) is 13.8 Å². The highest BCUT2D eigenvalue weighted by molar-refractivity contribution is 7.92. The Labute approximate surface area is 124 Å². The van der Waals surface area contributed by atoms with Crippen LogP contribution in [0.3, 0.4) is 0 Å². The van der Waals surface area contributed by atoms with Gasteiger partial charge < -0.3 is 4.74 Å². The molecule has 0 radical (unpaired) electrons. The summed E-state index contributed by atoms with van der Waals surface area (Å²) in [5.74, 6) is 0.713.